The van der Waals surface area contributed by atoms with E-state index in [1.165, 1.54) is 7.11 Å². The molecule has 3 aromatic carbocycles. The van der Waals surface area contributed by atoms with Gasteiger partial charge in [0, 0.05) is 49.9 Å². The van der Waals surface area contributed by atoms with Gasteiger partial charge in [-0.1, -0.05) is 36.8 Å². The first-order valence-electron chi connectivity index (χ1n) is 17.6. The van der Waals surface area contributed by atoms with E-state index in [0.29, 0.717) is 73.2 Å². The Morgan fingerprint density at radius 3 is 2.37 bits per heavy atom. The maximum absolute atomic E-state index is 13.6. The average Bonchev–Trinajstić information content (AvgIpc) is 3.10. The summed E-state index contributed by atoms with van der Waals surface area (Å²) in [5, 5.41) is 5.59. The molecular formula is C40H53N3O9. The molecule has 0 radical (unpaired) electrons. The van der Waals surface area contributed by atoms with Crippen LogP contribution in [0.2, 0.25) is 0 Å². The van der Waals surface area contributed by atoms with Crippen LogP contribution in [0.3, 0.4) is 0 Å². The zero-order chi connectivity index (χ0) is 38.1. The molecule has 3 aromatic rings. The van der Waals surface area contributed by atoms with Crippen LogP contribution in [-0.4, -0.2) is 69.5 Å². The van der Waals surface area contributed by atoms with Crippen molar-refractivity contribution < 1.29 is 42.9 Å². The third-order valence-corrected chi connectivity index (χ3v) is 7.77. The molecule has 12 heteroatoms. The molecule has 3 amide bonds. The molecule has 0 aliphatic carbocycles. The summed E-state index contributed by atoms with van der Waals surface area (Å²) in [5.74, 6) is -0.168. The predicted octanol–water partition coefficient (Wildman–Crippen LogP) is 7.55. The van der Waals surface area contributed by atoms with Crippen molar-refractivity contribution in [2.45, 2.75) is 85.0 Å². The van der Waals surface area contributed by atoms with Crippen molar-refractivity contribution in [3.8, 4) is 11.5 Å². The Kier molecular flexibility index (Phi) is 16.4. The fraction of sp³-hybridized carbons (Fsp3) is 0.450. The molecule has 0 heterocycles. The smallest absolute Gasteiger partial charge is 0.407 e. The van der Waals surface area contributed by atoms with Crippen molar-refractivity contribution in [2.75, 3.05) is 44.1 Å². The van der Waals surface area contributed by atoms with Crippen LogP contribution in [0.1, 0.15) is 93.0 Å². The molecule has 282 valence electrons. The lowest BCUT2D eigenvalue weighted by Gasteiger charge is -2.22. The van der Waals surface area contributed by atoms with Crippen LogP contribution in [0.5, 0.6) is 11.5 Å². The Hall–Kier alpha value is -5.10. The third kappa shape index (κ3) is 13.6. The highest BCUT2D eigenvalue weighted by molar-refractivity contribution is 6.09. The molecule has 1 unspecified atom stereocenters. The van der Waals surface area contributed by atoms with E-state index in [2.05, 4.69) is 10.6 Å². The molecule has 52 heavy (non-hydrogen) atoms. The van der Waals surface area contributed by atoms with Gasteiger partial charge in [-0.2, -0.15) is 0 Å². The van der Waals surface area contributed by atoms with Crippen LogP contribution in [0, 0.1) is 0 Å². The lowest BCUT2D eigenvalue weighted by atomic mass is 10.1. The number of hydrogen-bond donors (Lipinski definition) is 2. The standard InChI is InChI=1S/C40H53N3O9/c1-8-50-36(44)20-10-9-15-25-49-27-30-16-11-13-18-33(30)43(6)38(46)29-21-22-32(35(26-29)48-7)42-37(45)31-17-12-14-19-34(31)51-28(2)23-24-41-39(47)52-40(3,4)5/h11-14,16-19,21-22,26,28H,8-10,15,20,23-25,27H2,1-7H3,(H,41,47)(H,42,45). The van der Waals surface area contributed by atoms with Gasteiger partial charge in [0.15, 0.2) is 0 Å². The highest BCUT2D eigenvalue weighted by Crippen LogP contribution is 2.30. The van der Waals surface area contributed by atoms with Gasteiger partial charge in [0.25, 0.3) is 11.8 Å². The number of rotatable bonds is 19. The number of para-hydroxylation sites is 2. The number of nitrogens with zero attached hydrogens (tertiary/aromatic N) is 1. The van der Waals surface area contributed by atoms with E-state index in [-0.39, 0.29) is 18.0 Å². The minimum absolute atomic E-state index is 0.177. The molecule has 12 nitrogen and oxygen atoms in total. The second-order valence-electron chi connectivity index (χ2n) is 13.2. The normalized spacial score (nSPS) is 11.6. The number of alkyl carbamates (subject to hydrolysis) is 1. The summed E-state index contributed by atoms with van der Waals surface area (Å²) in [5.41, 5.74) is 2.03. The predicted molar refractivity (Wildman–Crippen MR) is 200 cm³/mol. The van der Waals surface area contributed by atoms with Crippen LogP contribution in [-0.2, 0) is 25.6 Å². The number of carbonyl (C=O) groups excluding carboxylic acids is 4. The van der Waals surface area contributed by atoms with E-state index in [9.17, 15) is 19.2 Å². The van der Waals surface area contributed by atoms with Crippen molar-refractivity contribution in [1.29, 1.82) is 0 Å². The summed E-state index contributed by atoms with van der Waals surface area (Å²) < 4.78 is 27.8. The van der Waals surface area contributed by atoms with Gasteiger partial charge in [-0.25, -0.2) is 4.79 Å². The first-order chi connectivity index (χ1) is 24.8. The Bertz CT molecular complexity index is 1640. The monoisotopic (exact) mass is 719 g/mol. The Morgan fingerprint density at radius 1 is 0.904 bits per heavy atom. The minimum Gasteiger partial charge on any atom is -0.495 e. The number of hydrogen-bond acceptors (Lipinski definition) is 9. The fourth-order valence-corrected chi connectivity index (χ4v) is 5.17. The quantitative estimate of drug-likeness (QED) is 0.0949. The second-order valence-corrected chi connectivity index (χ2v) is 13.2. The number of unbranched alkanes of at least 4 members (excludes halogenated alkanes) is 2. The summed E-state index contributed by atoms with van der Waals surface area (Å²) >= 11 is 0. The van der Waals surface area contributed by atoms with Gasteiger partial charge in [-0.05, 0) is 83.9 Å². The Morgan fingerprint density at radius 2 is 1.63 bits per heavy atom. The van der Waals surface area contributed by atoms with E-state index in [1.807, 2.05) is 31.2 Å². The summed E-state index contributed by atoms with van der Waals surface area (Å²) in [6.45, 7) is 10.6. The van der Waals surface area contributed by atoms with Gasteiger partial charge >= 0.3 is 12.1 Å². The largest absolute Gasteiger partial charge is 0.495 e. The Labute approximate surface area is 307 Å². The van der Waals surface area contributed by atoms with Crippen LogP contribution in [0.25, 0.3) is 0 Å². The van der Waals surface area contributed by atoms with E-state index in [1.54, 1.807) is 82.1 Å². The molecule has 1 atom stereocenters. The van der Waals surface area contributed by atoms with Crippen molar-refractivity contribution >= 4 is 35.3 Å². The van der Waals surface area contributed by atoms with Crippen LogP contribution < -0.4 is 25.0 Å². The van der Waals surface area contributed by atoms with Gasteiger partial charge in [0.05, 0.1) is 37.7 Å². The minimum atomic E-state index is -0.591. The SMILES string of the molecule is CCOC(=O)CCCCCOCc1ccccc1N(C)C(=O)c1ccc(NC(=O)c2ccccc2OC(C)CCNC(=O)OC(C)(C)C)c(OC)c1. The number of methoxy groups -OCH3 is 1. The number of ether oxygens (including phenoxy) is 5. The summed E-state index contributed by atoms with van der Waals surface area (Å²) in [4.78, 5) is 52.1. The maximum Gasteiger partial charge on any atom is 0.407 e. The number of nitrogens with one attached hydrogen (secondary N) is 2. The highest BCUT2D eigenvalue weighted by Gasteiger charge is 2.21. The number of amides is 3. The van der Waals surface area contributed by atoms with Crippen LogP contribution in [0.4, 0.5) is 16.2 Å². The molecule has 3 rings (SSSR count). The summed E-state index contributed by atoms with van der Waals surface area (Å²) in [7, 11) is 3.17. The topological polar surface area (TPSA) is 142 Å². The molecular weight excluding hydrogens is 666 g/mol. The fourth-order valence-electron chi connectivity index (χ4n) is 5.17. The van der Waals surface area contributed by atoms with Crippen molar-refractivity contribution in [3.05, 3.63) is 83.4 Å². The second kappa shape index (κ2) is 20.7. The van der Waals surface area contributed by atoms with Gasteiger partial charge in [-0.3, -0.25) is 14.4 Å². The zero-order valence-electron chi connectivity index (χ0n) is 31.4. The van der Waals surface area contributed by atoms with Crippen molar-refractivity contribution in [2.24, 2.45) is 0 Å². The number of benzene rings is 3. The van der Waals surface area contributed by atoms with Gasteiger partial charge in [0.1, 0.15) is 17.1 Å². The van der Waals surface area contributed by atoms with Crippen molar-refractivity contribution in [3.63, 3.8) is 0 Å². The summed E-state index contributed by atoms with van der Waals surface area (Å²) in [6.07, 6.45) is 2.50. The first kappa shape index (κ1) is 41.3. The molecule has 0 spiro atoms. The zero-order valence-corrected chi connectivity index (χ0v) is 31.4. The van der Waals surface area contributed by atoms with Gasteiger partial charge in [-0.15, -0.1) is 0 Å². The van der Waals surface area contributed by atoms with Crippen LogP contribution >= 0.6 is 0 Å². The summed E-state index contributed by atoms with van der Waals surface area (Å²) in [6, 6.07) is 19.3. The molecule has 0 aromatic heterocycles. The average molecular weight is 720 g/mol. The molecule has 0 aliphatic rings. The molecule has 0 saturated carbocycles. The molecule has 0 fully saturated rings. The van der Waals surface area contributed by atoms with E-state index >= 15 is 0 Å². The molecule has 2 N–H and O–H groups in total. The molecule has 0 saturated heterocycles. The Balaban J connectivity index is 1.60. The van der Waals surface area contributed by atoms with Crippen molar-refractivity contribution in [1.82, 2.24) is 5.32 Å². The lowest BCUT2D eigenvalue weighted by molar-refractivity contribution is -0.143. The van der Waals surface area contributed by atoms with E-state index in [0.717, 1.165) is 24.8 Å². The molecule has 0 bridgehead atoms. The first-order valence-corrected chi connectivity index (χ1v) is 17.6. The maximum atomic E-state index is 13.6. The van der Waals surface area contributed by atoms with Gasteiger partial charge in [0.2, 0.25) is 0 Å². The number of carbonyl (C=O) groups is 4. The third-order valence-electron chi connectivity index (χ3n) is 7.77. The molecule has 0 aliphatic heterocycles. The van der Waals surface area contributed by atoms with E-state index < -0.39 is 17.6 Å². The van der Waals surface area contributed by atoms with Crippen LogP contribution in [0.15, 0.2) is 66.7 Å². The lowest BCUT2D eigenvalue weighted by Crippen LogP contribution is -2.34. The number of anilines is 2. The van der Waals surface area contributed by atoms with Gasteiger partial charge < -0.3 is 39.2 Å². The highest BCUT2D eigenvalue weighted by atomic mass is 16.6. The number of esters is 1. The van der Waals surface area contributed by atoms with E-state index in [4.69, 9.17) is 23.7 Å².